The first-order valence-corrected chi connectivity index (χ1v) is 8.57. The molecular formula is C21H26O2. The molecule has 2 heteroatoms. The van der Waals surface area contributed by atoms with E-state index in [1.54, 1.807) is 0 Å². The van der Waals surface area contributed by atoms with Gasteiger partial charge in [-0.05, 0) is 42.9 Å². The molecule has 1 heterocycles. The van der Waals surface area contributed by atoms with E-state index in [9.17, 15) is 0 Å². The van der Waals surface area contributed by atoms with Crippen LogP contribution in [0.25, 0.3) is 0 Å². The summed E-state index contributed by atoms with van der Waals surface area (Å²) >= 11 is 0. The largest absolute Gasteiger partial charge is 0.374 e. The maximum absolute atomic E-state index is 6.43. The third-order valence-electron chi connectivity index (χ3n) is 4.95. The van der Waals surface area contributed by atoms with Crippen molar-refractivity contribution in [3.05, 3.63) is 71.3 Å². The fourth-order valence-corrected chi connectivity index (χ4v) is 3.30. The lowest BCUT2D eigenvalue weighted by atomic mass is 9.97. The Balaban J connectivity index is 1.59. The molecule has 2 aromatic rings. The highest BCUT2D eigenvalue weighted by Crippen LogP contribution is 2.41. The van der Waals surface area contributed by atoms with Crippen molar-refractivity contribution in [2.24, 2.45) is 0 Å². The monoisotopic (exact) mass is 310 g/mol. The van der Waals surface area contributed by atoms with Crippen LogP contribution < -0.4 is 0 Å². The molecule has 2 unspecified atom stereocenters. The molecule has 0 saturated carbocycles. The number of aryl methyl sites for hydroxylation is 1. The van der Waals surface area contributed by atoms with E-state index in [1.807, 2.05) is 0 Å². The number of benzene rings is 2. The van der Waals surface area contributed by atoms with E-state index in [0.717, 1.165) is 19.3 Å². The molecule has 1 saturated heterocycles. The Hall–Kier alpha value is -1.64. The Bertz CT molecular complexity index is 623. The SMILES string of the molecule is CCC1(COCc2ccccc2C)CCC(c2ccccc2)O1. The minimum absolute atomic E-state index is 0.136. The molecule has 0 N–H and O–H groups in total. The Morgan fingerprint density at radius 1 is 1.09 bits per heavy atom. The summed E-state index contributed by atoms with van der Waals surface area (Å²) in [7, 11) is 0. The molecular weight excluding hydrogens is 284 g/mol. The van der Waals surface area contributed by atoms with Crippen molar-refractivity contribution in [3.8, 4) is 0 Å². The zero-order chi connectivity index (χ0) is 16.1. The second kappa shape index (κ2) is 7.29. The summed E-state index contributed by atoms with van der Waals surface area (Å²) in [6.45, 7) is 5.66. The van der Waals surface area contributed by atoms with Crippen molar-refractivity contribution in [3.63, 3.8) is 0 Å². The average molecular weight is 310 g/mol. The van der Waals surface area contributed by atoms with Gasteiger partial charge in [0, 0.05) is 0 Å². The fourth-order valence-electron chi connectivity index (χ4n) is 3.30. The first kappa shape index (κ1) is 16.2. The zero-order valence-corrected chi connectivity index (χ0v) is 14.1. The third-order valence-corrected chi connectivity index (χ3v) is 4.95. The van der Waals surface area contributed by atoms with Gasteiger partial charge >= 0.3 is 0 Å². The molecule has 3 rings (SSSR count). The van der Waals surface area contributed by atoms with Crippen LogP contribution in [-0.4, -0.2) is 12.2 Å². The van der Waals surface area contributed by atoms with Crippen LogP contribution in [0.1, 0.15) is 49.0 Å². The highest BCUT2D eigenvalue weighted by atomic mass is 16.6. The lowest BCUT2D eigenvalue weighted by molar-refractivity contribution is -0.0979. The second-order valence-electron chi connectivity index (χ2n) is 6.51. The lowest BCUT2D eigenvalue weighted by Crippen LogP contribution is -2.33. The van der Waals surface area contributed by atoms with E-state index in [0.29, 0.717) is 13.2 Å². The Morgan fingerprint density at radius 2 is 1.83 bits per heavy atom. The summed E-state index contributed by atoms with van der Waals surface area (Å²) < 4.78 is 12.5. The van der Waals surface area contributed by atoms with Gasteiger partial charge in [-0.3, -0.25) is 0 Å². The number of hydrogen-bond acceptors (Lipinski definition) is 2. The maximum Gasteiger partial charge on any atom is 0.0921 e. The third kappa shape index (κ3) is 3.82. The van der Waals surface area contributed by atoms with Crippen LogP contribution in [0.4, 0.5) is 0 Å². The van der Waals surface area contributed by atoms with Gasteiger partial charge in [0.1, 0.15) is 0 Å². The highest BCUT2D eigenvalue weighted by Gasteiger charge is 2.39. The van der Waals surface area contributed by atoms with Gasteiger partial charge in [-0.25, -0.2) is 0 Å². The van der Waals surface area contributed by atoms with Crippen LogP contribution in [0.3, 0.4) is 0 Å². The minimum atomic E-state index is -0.136. The predicted octanol–water partition coefficient (Wildman–Crippen LogP) is 5.21. The number of hydrogen-bond donors (Lipinski definition) is 0. The van der Waals surface area contributed by atoms with Crippen LogP contribution in [0.2, 0.25) is 0 Å². The summed E-state index contributed by atoms with van der Waals surface area (Å²) in [6.07, 6.45) is 3.34. The van der Waals surface area contributed by atoms with Crippen LogP contribution in [0.15, 0.2) is 54.6 Å². The Morgan fingerprint density at radius 3 is 2.57 bits per heavy atom. The average Bonchev–Trinajstić information content (AvgIpc) is 3.03. The van der Waals surface area contributed by atoms with Crippen molar-refractivity contribution in [1.29, 1.82) is 0 Å². The molecule has 1 fully saturated rings. The molecule has 2 atom stereocenters. The zero-order valence-electron chi connectivity index (χ0n) is 14.1. The van der Waals surface area contributed by atoms with Crippen molar-refractivity contribution in [2.75, 3.05) is 6.61 Å². The Kier molecular flexibility index (Phi) is 5.14. The molecule has 2 nitrogen and oxygen atoms in total. The highest BCUT2D eigenvalue weighted by molar-refractivity contribution is 5.24. The molecule has 0 bridgehead atoms. The normalized spacial score (nSPS) is 24.0. The van der Waals surface area contributed by atoms with E-state index < -0.39 is 0 Å². The lowest BCUT2D eigenvalue weighted by Gasteiger charge is -2.28. The summed E-state index contributed by atoms with van der Waals surface area (Å²) in [5.74, 6) is 0. The quantitative estimate of drug-likeness (QED) is 0.729. The van der Waals surface area contributed by atoms with Gasteiger partial charge < -0.3 is 9.47 Å². The van der Waals surface area contributed by atoms with Gasteiger partial charge in [0.15, 0.2) is 0 Å². The molecule has 0 aromatic heterocycles. The van der Waals surface area contributed by atoms with Crippen LogP contribution in [0.5, 0.6) is 0 Å². The van der Waals surface area contributed by atoms with Crippen LogP contribution >= 0.6 is 0 Å². The second-order valence-corrected chi connectivity index (χ2v) is 6.51. The summed E-state index contributed by atoms with van der Waals surface area (Å²) in [5, 5.41) is 0. The fraction of sp³-hybridized carbons (Fsp3) is 0.429. The smallest absolute Gasteiger partial charge is 0.0921 e. The molecule has 23 heavy (non-hydrogen) atoms. The van der Waals surface area contributed by atoms with Crippen molar-refractivity contribution in [1.82, 2.24) is 0 Å². The molecule has 1 aliphatic rings. The number of rotatable bonds is 6. The van der Waals surface area contributed by atoms with Gasteiger partial charge in [0.25, 0.3) is 0 Å². The Labute approximate surface area is 139 Å². The molecule has 122 valence electrons. The van der Waals surface area contributed by atoms with Gasteiger partial charge in [0.05, 0.1) is 24.9 Å². The van der Waals surface area contributed by atoms with E-state index in [2.05, 4.69) is 68.4 Å². The van der Waals surface area contributed by atoms with E-state index >= 15 is 0 Å². The first-order valence-electron chi connectivity index (χ1n) is 8.57. The molecule has 0 amide bonds. The number of ether oxygens (including phenoxy) is 2. The van der Waals surface area contributed by atoms with Crippen LogP contribution in [0, 0.1) is 6.92 Å². The minimum Gasteiger partial charge on any atom is -0.374 e. The van der Waals surface area contributed by atoms with Gasteiger partial charge in [0.2, 0.25) is 0 Å². The first-order chi connectivity index (χ1) is 11.2. The standard InChI is InChI=1S/C21H26O2/c1-3-21(16-22-15-19-12-8-7-9-17(19)2)14-13-20(23-21)18-10-5-4-6-11-18/h4-12,20H,3,13-16H2,1-2H3. The van der Waals surface area contributed by atoms with E-state index in [4.69, 9.17) is 9.47 Å². The topological polar surface area (TPSA) is 18.5 Å². The summed E-state index contributed by atoms with van der Waals surface area (Å²) in [5.41, 5.74) is 3.69. The molecule has 0 radical (unpaired) electrons. The van der Waals surface area contributed by atoms with Crippen molar-refractivity contribution < 1.29 is 9.47 Å². The van der Waals surface area contributed by atoms with Crippen LogP contribution in [-0.2, 0) is 16.1 Å². The van der Waals surface area contributed by atoms with Gasteiger partial charge in [-0.2, -0.15) is 0 Å². The van der Waals surface area contributed by atoms with E-state index in [1.165, 1.54) is 16.7 Å². The molecule has 1 aliphatic heterocycles. The molecule has 0 spiro atoms. The maximum atomic E-state index is 6.43. The van der Waals surface area contributed by atoms with Gasteiger partial charge in [-0.1, -0.05) is 61.5 Å². The van der Waals surface area contributed by atoms with Crippen molar-refractivity contribution >= 4 is 0 Å². The molecule has 0 aliphatic carbocycles. The van der Waals surface area contributed by atoms with Gasteiger partial charge in [-0.15, -0.1) is 0 Å². The summed E-state index contributed by atoms with van der Waals surface area (Å²) in [4.78, 5) is 0. The predicted molar refractivity (Wildman–Crippen MR) is 93.4 cm³/mol. The summed E-state index contributed by atoms with van der Waals surface area (Å²) in [6, 6.07) is 18.9. The van der Waals surface area contributed by atoms with E-state index in [-0.39, 0.29) is 11.7 Å². The van der Waals surface area contributed by atoms with Crippen molar-refractivity contribution in [2.45, 2.75) is 51.4 Å². The molecule has 2 aromatic carbocycles.